The summed E-state index contributed by atoms with van der Waals surface area (Å²) in [6.07, 6.45) is 1.78. The molecule has 1 atom stereocenters. The van der Waals surface area contributed by atoms with Crippen molar-refractivity contribution in [2.24, 2.45) is 0 Å². The Balaban J connectivity index is 1.53. The van der Waals surface area contributed by atoms with Crippen molar-refractivity contribution in [1.29, 1.82) is 0 Å². The van der Waals surface area contributed by atoms with Gasteiger partial charge in [0.25, 0.3) is 0 Å². The van der Waals surface area contributed by atoms with Gasteiger partial charge < -0.3 is 4.90 Å². The van der Waals surface area contributed by atoms with E-state index in [9.17, 15) is 13.2 Å². The van der Waals surface area contributed by atoms with Gasteiger partial charge in [0, 0.05) is 49.4 Å². The van der Waals surface area contributed by atoms with E-state index in [1.54, 1.807) is 16.8 Å². The molecule has 2 heterocycles. The van der Waals surface area contributed by atoms with Crippen LogP contribution in [0.5, 0.6) is 0 Å². The van der Waals surface area contributed by atoms with Gasteiger partial charge in [-0.2, -0.15) is 5.10 Å². The normalized spacial score (nSPS) is 16.2. The van der Waals surface area contributed by atoms with Gasteiger partial charge in [0.05, 0.1) is 10.6 Å². The molecule has 0 spiro atoms. The topological polar surface area (TPSA) is 75.5 Å². The monoisotopic (exact) mass is 452 g/mol. The van der Waals surface area contributed by atoms with Crippen LogP contribution in [0.4, 0.5) is 5.69 Å². The highest BCUT2D eigenvalue weighted by Crippen LogP contribution is 2.32. The van der Waals surface area contributed by atoms with E-state index in [1.807, 2.05) is 44.2 Å². The van der Waals surface area contributed by atoms with Crippen molar-refractivity contribution >= 4 is 21.8 Å². The van der Waals surface area contributed by atoms with Gasteiger partial charge in [-0.1, -0.05) is 30.3 Å². The summed E-state index contributed by atoms with van der Waals surface area (Å²) in [5, 5.41) is 4.50. The van der Waals surface area contributed by atoms with Crippen LogP contribution in [-0.4, -0.2) is 61.8 Å². The summed E-state index contributed by atoms with van der Waals surface area (Å²) in [6, 6.07) is 17.2. The van der Waals surface area contributed by atoms with Crippen molar-refractivity contribution in [2.45, 2.75) is 24.9 Å². The molecule has 0 bridgehead atoms. The van der Waals surface area contributed by atoms with Crippen LogP contribution in [-0.2, 0) is 14.6 Å². The number of piperazine rings is 1. The number of nitrogens with zero attached hydrogens (tertiary/aromatic N) is 4. The van der Waals surface area contributed by atoms with Gasteiger partial charge in [-0.05, 0) is 43.7 Å². The third kappa shape index (κ3) is 4.47. The van der Waals surface area contributed by atoms with Crippen LogP contribution in [0.25, 0.3) is 11.1 Å². The number of carbonyl (C=O) groups excluding carboxylic acids is 1. The first-order valence-corrected chi connectivity index (χ1v) is 12.5. The molecule has 1 unspecified atom stereocenters. The summed E-state index contributed by atoms with van der Waals surface area (Å²) in [5.74, 6) is 0. The number of carbonyl (C=O) groups is 1. The standard InChI is InChI=1S/C24H28N4O3S/c1-18-16-19(2)28(25-18)24(17-29)27-14-12-26(13-15-27)23-7-5-4-6-22(23)20-8-10-21(11-9-20)32(3,30)31/h4-11,16-17,24H,12-15H2,1-3H3. The van der Waals surface area contributed by atoms with Crippen LogP contribution in [0.1, 0.15) is 17.6 Å². The van der Waals surface area contributed by atoms with Gasteiger partial charge >= 0.3 is 0 Å². The Morgan fingerprint density at radius 2 is 1.62 bits per heavy atom. The number of aldehydes is 1. The van der Waals surface area contributed by atoms with Crippen molar-refractivity contribution < 1.29 is 13.2 Å². The lowest BCUT2D eigenvalue weighted by molar-refractivity contribution is -0.116. The summed E-state index contributed by atoms with van der Waals surface area (Å²) in [7, 11) is -3.23. The van der Waals surface area contributed by atoms with E-state index in [2.05, 4.69) is 27.0 Å². The van der Waals surface area contributed by atoms with Gasteiger partial charge in [0.2, 0.25) is 0 Å². The van der Waals surface area contributed by atoms with E-state index in [1.165, 1.54) is 6.26 Å². The molecule has 1 fully saturated rings. The second kappa shape index (κ2) is 8.88. The number of aromatic nitrogens is 2. The van der Waals surface area contributed by atoms with Crippen molar-refractivity contribution in [3.05, 3.63) is 66.0 Å². The van der Waals surface area contributed by atoms with Crippen LogP contribution < -0.4 is 4.90 Å². The number of rotatable bonds is 6. The van der Waals surface area contributed by atoms with Crippen molar-refractivity contribution in [1.82, 2.24) is 14.7 Å². The largest absolute Gasteiger partial charge is 0.368 e. The van der Waals surface area contributed by atoms with Crippen LogP contribution in [0.2, 0.25) is 0 Å². The van der Waals surface area contributed by atoms with Gasteiger partial charge in [-0.15, -0.1) is 0 Å². The molecule has 3 aromatic rings. The maximum atomic E-state index is 11.9. The summed E-state index contributed by atoms with van der Waals surface area (Å²) in [4.78, 5) is 16.7. The fourth-order valence-corrected chi connectivity index (χ4v) is 4.95. The van der Waals surface area contributed by atoms with E-state index in [4.69, 9.17) is 0 Å². The van der Waals surface area contributed by atoms with Crippen LogP contribution in [0.3, 0.4) is 0 Å². The molecule has 0 saturated carbocycles. The van der Waals surface area contributed by atoms with E-state index in [0.717, 1.165) is 60.7 Å². The third-order valence-corrected chi connectivity index (χ3v) is 7.07. The summed E-state index contributed by atoms with van der Waals surface area (Å²) in [6.45, 7) is 6.94. The number of para-hydroxylation sites is 1. The van der Waals surface area contributed by atoms with Crippen LogP contribution >= 0.6 is 0 Å². The second-order valence-electron chi connectivity index (χ2n) is 8.26. The highest BCUT2D eigenvalue weighted by atomic mass is 32.2. The number of sulfone groups is 1. The predicted molar refractivity (Wildman–Crippen MR) is 126 cm³/mol. The van der Waals surface area contributed by atoms with Crippen molar-refractivity contribution in [3.63, 3.8) is 0 Å². The van der Waals surface area contributed by atoms with Crippen molar-refractivity contribution in [2.75, 3.05) is 37.3 Å². The minimum atomic E-state index is -3.23. The highest BCUT2D eigenvalue weighted by Gasteiger charge is 2.27. The van der Waals surface area contributed by atoms with Crippen molar-refractivity contribution in [3.8, 4) is 11.1 Å². The summed E-state index contributed by atoms with van der Waals surface area (Å²) < 4.78 is 25.4. The summed E-state index contributed by atoms with van der Waals surface area (Å²) >= 11 is 0. The van der Waals surface area contributed by atoms with Gasteiger partial charge in [0.15, 0.2) is 22.3 Å². The van der Waals surface area contributed by atoms with E-state index < -0.39 is 16.0 Å². The minimum absolute atomic E-state index is 0.316. The van der Waals surface area contributed by atoms with Crippen LogP contribution in [0.15, 0.2) is 59.5 Å². The molecule has 4 rings (SSSR count). The Morgan fingerprint density at radius 3 is 2.19 bits per heavy atom. The molecule has 1 saturated heterocycles. The lowest BCUT2D eigenvalue weighted by Crippen LogP contribution is -2.49. The van der Waals surface area contributed by atoms with Crippen LogP contribution in [0, 0.1) is 13.8 Å². The Morgan fingerprint density at radius 1 is 0.969 bits per heavy atom. The second-order valence-corrected chi connectivity index (χ2v) is 10.3. The minimum Gasteiger partial charge on any atom is -0.368 e. The molecule has 1 aliphatic heterocycles. The highest BCUT2D eigenvalue weighted by molar-refractivity contribution is 7.90. The van der Waals surface area contributed by atoms with Gasteiger partial charge in [-0.3, -0.25) is 9.69 Å². The maximum Gasteiger partial charge on any atom is 0.175 e. The zero-order valence-electron chi connectivity index (χ0n) is 18.6. The molecule has 8 heteroatoms. The molecular weight excluding hydrogens is 424 g/mol. The molecule has 0 radical (unpaired) electrons. The molecule has 1 aromatic heterocycles. The molecule has 0 amide bonds. The SMILES string of the molecule is Cc1cc(C)n(C(C=O)N2CCN(c3ccccc3-c3ccc(S(C)(=O)=O)cc3)CC2)n1. The molecule has 1 aliphatic rings. The molecule has 32 heavy (non-hydrogen) atoms. The quantitative estimate of drug-likeness (QED) is 0.535. The number of hydrogen-bond acceptors (Lipinski definition) is 6. The van der Waals surface area contributed by atoms with E-state index in [-0.39, 0.29) is 0 Å². The summed E-state index contributed by atoms with van der Waals surface area (Å²) in [5.41, 5.74) is 5.03. The number of anilines is 1. The number of aryl methyl sites for hydroxylation is 2. The fourth-order valence-electron chi connectivity index (χ4n) is 4.31. The molecule has 168 valence electrons. The fraction of sp³-hybridized carbons (Fsp3) is 0.333. The molecule has 7 nitrogen and oxygen atoms in total. The first kappa shape index (κ1) is 22.2. The smallest absolute Gasteiger partial charge is 0.175 e. The maximum absolute atomic E-state index is 11.9. The lowest BCUT2D eigenvalue weighted by atomic mass is 10.0. The van der Waals surface area contributed by atoms with Gasteiger partial charge in [-0.25, -0.2) is 13.1 Å². The number of hydrogen-bond donors (Lipinski definition) is 0. The third-order valence-electron chi connectivity index (χ3n) is 5.94. The zero-order chi connectivity index (χ0) is 22.9. The lowest BCUT2D eigenvalue weighted by Gasteiger charge is -2.39. The van der Waals surface area contributed by atoms with E-state index in [0.29, 0.717) is 4.90 Å². The molecular formula is C24H28N4O3S. The Bertz CT molecular complexity index is 1210. The Labute approximate surface area is 189 Å². The first-order chi connectivity index (χ1) is 15.3. The van der Waals surface area contributed by atoms with E-state index >= 15 is 0 Å². The predicted octanol–water partition coefficient (Wildman–Crippen LogP) is 3.09. The number of benzene rings is 2. The average Bonchev–Trinajstić information content (AvgIpc) is 3.12. The Hall–Kier alpha value is -2.97. The molecule has 0 aliphatic carbocycles. The zero-order valence-corrected chi connectivity index (χ0v) is 19.4. The average molecular weight is 453 g/mol. The van der Waals surface area contributed by atoms with Gasteiger partial charge in [0.1, 0.15) is 0 Å². The Kier molecular flexibility index (Phi) is 6.17. The molecule has 2 aromatic carbocycles. The molecule has 0 N–H and O–H groups in total. The first-order valence-electron chi connectivity index (χ1n) is 10.6.